The van der Waals surface area contributed by atoms with Crippen molar-refractivity contribution in [2.24, 2.45) is 5.41 Å². The summed E-state index contributed by atoms with van der Waals surface area (Å²) in [5.41, 5.74) is 1.24. The van der Waals surface area contributed by atoms with Gasteiger partial charge in [-0.15, -0.1) is 0 Å². The van der Waals surface area contributed by atoms with Crippen LogP contribution in [0.3, 0.4) is 0 Å². The second-order valence-corrected chi connectivity index (χ2v) is 5.07. The molecule has 1 heterocycles. The van der Waals surface area contributed by atoms with E-state index in [1.54, 1.807) is 0 Å². The minimum Gasteiger partial charge on any atom is -0.349 e. The van der Waals surface area contributed by atoms with Crippen LogP contribution in [0.25, 0.3) is 0 Å². The van der Waals surface area contributed by atoms with Gasteiger partial charge in [-0.3, -0.25) is 0 Å². The van der Waals surface area contributed by atoms with Crippen molar-refractivity contribution in [1.82, 2.24) is 0 Å². The molecule has 2 heteroatoms. The van der Waals surface area contributed by atoms with Gasteiger partial charge in [-0.1, -0.05) is 51.1 Å². The molecule has 1 aromatic rings. The fraction of sp³-hybridized carbons (Fsp3) is 0.538. The summed E-state index contributed by atoms with van der Waals surface area (Å²) in [5, 5.41) is 0. The summed E-state index contributed by atoms with van der Waals surface area (Å²) in [5.74, 6) is 0. The maximum absolute atomic E-state index is 5.89. The van der Waals surface area contributed by atoms with Crippen molar-refractivity contribution in [2.45, 2.75) is 33.2 Å². The highest BCUT2D eigenvalue weighted by molar-refractivity contribution is 5.18. The Bertz CT molecular complexity index is 313. The fourth-order valence-electron chi connectivity index (χ4n) is 1.70. The molecule has 1 aliphatic rings. The molecule has 0 saturated carbocycles. The summed E-state index contributed by atoms with van der Waals surface area (Å²) in [7, 11) is 0. The average molecular weight is 206 g/mol. The number of hydrogen-bond acceptors (Lipinski definition) is 2. The minimum atomic E-state index is -0.0947. The molecule has 0 aliphatic carbocycles. The molecule has 0 radical (unpaired) electrons. The molecule has 0 spiro atoms. The Hall–Kier alpha value is -0.860. The molecular formula is C13H18O2. The van der Waals surface area contributed by atoms with Gasteiger partial charge in [-0.2, -0.15) is 0 Å². The van der Waals surface area contributed by atoms with Gasteiger partial charge in [0.15, 0.2) is 6.29 Å². The van der Waals surface area contributed by atoms with E-state index in [4.69, 9.17) is 9.47 Å². The van der Waals surface area contributed by atoms with Crippen LogP contribution in [0.15, 0.2) is 30.3 Å². The second kappa shape index (κ2) is 3.95. The normalized spacial score (nSPS) is 26.9. The first-order chi connectivity index (χ1) is 7.07. The van der Waals surface area contributed by atoms with Gasteiger partial charge >= 0.3 is 0 Å². The molecule has 2 atom stereocenters. The van der Waals surface area contributed by atoms with Crippen molar-refractivity contribution in [1.29, 1.82) is 0 Å². The smallest absolute Gasteiger partial charge is 0.163 e. The first-order valence-corrected chi connectivity index (χ1v) is 5.39. The van der Waals surface area contributed by atoms with Gasteiger partial charge in [0.25, 0.3) is 0 Å². The van der Waals surface area contributed by atoms with Gasteiger partial charge in [0.2, 0.25) is 0 Å². The van der Waals surface area contributed by atoms with Crippen LogP contribution in [0.1, 0.15) is 32.4 Å². The Labute approximate surface area is 91.2 Å². The average Bonchev–Trinajstić information content (AvgIpc) is 2.67. The van der Waals surface area contributed by atoms with Crippen molar-refractivity contribution in [3.05, 3.63) is 35.9 Å². The lowest BCUT2D eigenvalue weighted by atomic mass is 9.96. The third-order valence-electron chi connectivity index (χ3n) is 2.57. The maximum atomic E-state index is 5.89. The number of benzene rings is 1. The Kier molecular flexibility index (Phi) is 2.81. The molecule has 15 heavy (non-hydrogen) atoms. The third kappa shape index (κ3) is 2.39. The zero-order valence-electron chi connectivity index (χ0n) is 9.57. The van der Waals surface area contributed by atoms with Crippen molar-refractivity contribution < 1.29 is 9.47 Å². The molecule has 1 fully saturated rings. The molecule has 2 rings (SSSR count). The van der Waals surface area contributed by atoms with E-state index in [9.17, 15) is 0 Å². The van der Waals surface area contributed by atoms with Crippen LogP contribution in [-0.4, -0.2) is 12.9 Å². The third-order valence-corrected chi connectivity index (χ3v) is 2.57. The van der Waals surface area contributed by atoms with E-state index in [2.05, 4.69) is 32.9 Å². The van der Waals surface area contributed by atoms with E-state index in [1.807, 2.05) is 18.2 Å². The molecule has 1 aliphatic heterocycles. The highest BCUT2D eigenvalue weighted by Crippen LogP contribution is 2.34. The number of hydrogen-bond donors (Lipinski definition) is 0. The Balaban J connectivity index is 2.05. The minimum absolute atomic E-state index is 0.0452. The summed E-state index contributed by atoms with van der Waals surface area (Å²) in [6.07, 6.45) is -0.00173. The van der Waals surface area contributed by atoms with Gasteiger partial charge < -0.3 is 9.47 Å². The predicted octanol–water partition coefficient (Wildman–Crippen LogP) is 3.15. The van der Waals surface area contributed by atoms with Crippen molar-refractivity contribution in [3.8, 4) is 0 Å². The number of rotatable bonds is 1. The van der Waals surface area contributed by atoms with Crippen LogP contribution >= 0.6 is 0 Å². The quantitative estimate of drug-likeness (QED) is 0.702. The highest BCUT2D eigenvalue weighted by atomic mass is 16.7. The Morgan fingerprint density at radius 2 is 1.80 bits per heavy atom. The zero-order valence-corrected chi connectivity index (χ0v) is 9.57. The molecule has 1 aromatic carbocycles. The molecule has 0 amide bonds. The molecular weight excluding hydrogens is 188 g/mol. The van der Waals surface area contributed by atoms with E-state index >= 15 is 0 Å². The van der Waals surface area contributed by atoms with Gasteiger partial charge in [-0.25, -0.2) is 0 Å². The lowest BCUT2D eigenvalue weighted by Gasteiger charge is -2.25. The maximum Gasteiger partial charge on any atom is 0.163 e. The van der Waals surface area contributed by atoms with E-state index in [1.165, 1.54) is 5.56 Å². The summed E-state index contributed by atoms with van der Waals surface area (Å²) < 4.78 is 11.6. The largest absolute Gasteiger partial charge is 0.349 e. The summed E-state index contributed by atoms with van der Waals surface area (Å²) in [4.78, 5) is 0. The molecule has 2 nitrogen and oxygen atoms in total. The monoisotopic (exact) mass is 206 g/mol. The molecule has 82 valence electrons. The SMILES string of the molecule is CC(C)(C)[C@H]1OC[C@H](c2ccccc2)O1. The van der Waals surface area contributed by atoms with Crippen LogP contribution in [0.2, 0.25) is 0 Å². The standard InChI is InChI=1S/C13H18O2/c1-13(2,3)12-14-9-11(15-12)10-7-5-4-6-8-10/h4-8,11-12H,9H2,1-3H3/t11-,12+/m1/s1. The van der Waals surface area contributed by atoms with E-state index in [-0.39, 0.29) is 17.8 Å². The molecule has 0 unspecified atom stereocenters. The molecule has 0 bridgehead atoms. The van der Waals surface area contributed by atoms with Crippen LogP contribution in [0.5, 0.6) is 0 Å². The summed E-state index contributed by atoms with van der Waals surface area (Å²) in [6.45, 7) is 7.05. The lowest BCUT2D eigenvalue weighted by molar-refractivity contribution is -0.124. The van der Waals surface area contributed by atoms with Gasteiger partial charge in [0.05, 0.1) is 6.61 Å². The number of ether oxygens (including phenoxy) is 2. The first-order valence-electron chi connectivity index (χ1n) is 5.39. The van der Waals surface area contributed by atoms with Gasteiger partial charge in [0.1, 0.15) is 6.10 Å². The van der Waals surface area contributed by atoms with E-state index in [0.29, 0.717) is 6.61 Å². The van der Waals surface area contributed by atoms with Crippen LogP contribution < -0.4 is 0 Å². The molecule has 0 aromatic heterocycles. The molecule has 0 N–H and O–H groups in total. The van der Waals surface area contributed by atoms with Gasteiger partial charge in [0, 0.05) is 5.41 Å². The highest BCUT2D eigenvalue weighted by Gasteiger charge is 2.35. The van der Waals surface area contributed by atoms with E-state index < -0.39 is 0 Å². The van der Waals surface area contributed by atoms with Crippen LogP contribution in [0, 0.1) is 5.41 Å². The first kappa shape index (κ1) is 10.7. The van der Waals surface area contributed by atoms with Crippen LogP contribution in [0.4, 0.5) is 0 Å². The fourth-order valence-corrected chi connectivity index (χ4v) is 1.70. The van der Waals surface area contributed by atoms with E-state index in [0.717, 1.165) is 0 Å². The summed E-state index contributed by atoms with van der Waals surface area (Å²) in [6, 6.07) is 10.2. The topological polar surface area (TPSA) is 18.5 Å². The van der Waals surface area contributed by atoms with Crippen molar-refractivity contribution in [3.63, 3.8) is 0 Å². The zero-order chi connectivity index (χ0) is 10.9. The lowest BCUT2D eigenvalue weighted by Crippen LogP contribution is -2.26. The van der Waals surface area contributed by atoms with Crippen molar-refractivity contribution in [2.75, 3.05) is 6.61 Å². The van der Waals surface area contributed by atoms with Crippen LogP contribution in [-0.2, 0) is 9.47 Å². The second-order valence-electron chi connectivity index (χ2n) is 5.07. The van der Waals surface area contributed by atoms with Gasteiger partial charge in [-0.05, 0) is 5.56 Å². The molecule has 1 saturated heterocycles. The summed E-state index contributed by atoms with van der Waals surface area (Å²) >= 11 is 0. The predicted molar refractivity (Wildman–Crippen MR) is 59.5 cm³/mol. The van der Waals surface area contributed by atoms with Crippen molar-refractivity contribution >= 4 is 0 Å². The Morgan fingerprint density at radius 3 is 2.33 bits per heavy atom. The Morgan fingerprint density at radius 1 is 1.13 bits per heavy atom.